The summed E-state index contributed by atoms with van der Waals surface area (Å²) in [6.07, 6.45) is -4.77. The number of hydrogen-bond donors (Lipinski definition) is 0. The molecule has 1 unspecified atom stereocenters. The van der Waals surface area contributed by atoms with Crippen LogP contribution >= 0.6 is 0 Å². The number of carbonyl (C=O) groups is 1. The number of guanidine groups is 1. The molecule has 3 aromatic carbocycles. The molecular weight excluding hydrogens is 512 g/mol. The number of methoxy groups -OCH3 is 1. The molecule has 0 spiro atoms. The van der Waals surface area contributed by atoms with E-state index in [2.05, 4.69) is 11.0 Å². The average molecular weight is 541 g/mol. The lowest BCUT2D eigenvalue weighted by Crippen LogP contribution is -2.55. The van der Waals surface area contributed by atoms with Gasteiger partial charge in [-0.2, -0.15) is 13.2 Å². The predicted molar refractivity (Wildman–Crippen MR) is 142 cm³/mol. The number of benzene rings is 3. The SMILES string of the molecule is COC(=O)CC1c2cc(F)ccc2N=C(N2CCN(c3cccc(C)c3)CC2)N1c1cccc(C(F)(F)F)c1. The Kier molecular flexibility index (Phi) is 7.20. The molecule has 3 aromatic rings. The number of aliphatic imine (C=N–C) groups is 1. The van der Waals surface area contributed by atoms with Crippen LogP contribution in [-0.4, -0.2) is 50.1 Å². The quantitative estimate of drug-likeness (QED) is 0.296. The van der Waals surface area contributed by atoms with Crippen molar-refractivity contribution in [1.82, 2.24) is 4.90 Å². The molecule has 5 rings (SSSR count). The third-order valence-electron chi connectivity index (χ3n) is 7.06. The number of aryl methyl sites for hydroxylation is 1. The fourth-order valence-corrected chi connectivity index (χ4v) is 5.12. The summed E-state index contributed by atoms with van der Waals surface area (Å²) in [5.41, 5.74) is 2.49. The van der Waals surface area contributed by atoms with Crippen molar-refractivity contribution in [2.45, 2.75) is 25.6 Å². The van der Waals surface area contributed by atoms with E-state index in [1.165, 1.54) is 31.4 Å². The Morgan fingerprint density at radius 2 is 1.64 bits per heavy atom. The van der Waals surface area contributed by atoms with Crippen LogP contribution in [0.25, 0.3) is 0 Å². The Bertz CT molecular complexity index is 1400. The summed E-state index contributed by atoms with van der Waals surface area (Å²) in [5.74, 6) is -0.693. The van der Waals surface area contributed by atoms with Crippen LogP contribution in [0.2, 0.25) is 0 Å². The van der Waals surface area contributed by atoms with E-state index in [1.807, 2.05) is 30.0 Å². The lowest BCUT2D eigenvalue weighted by Gasteiger charge is -2.45. The molecule has 1 fully saturated rings. The number of alkyl halides is 3. The molecule has 2 heterocycles. The van der Waals surface area contributed by atoms with E-state index in [0.717, 1.165) is 23.4 Å². The van der Waals surface area contributed by atoms with Crippen LogP contribution in [0, 0.1) is 12.7 Å². The topological polar surface area (TPSA) is 48.4 Å². The van der Waals surface area contributed by atoms with Crippen LogP contribution in [0.4, 0.5) is 34.6 Å². The van der Waals surface area contributed by atoms with Gasteiger partial charge in [-0.25, -0.2) is 9.38 Å². The highest BCUT2D eigenvalue weighted by Crippen LogP contribution is 2.42. The van der Waals surface area contributed by atoms with Gasteiger partial charge in [-0.05, 0) is 61.0 Å². The zero-order valence-electron chi connectivity index (χ0n) is 21.6. The van der Waals surface area contributed by atoms with E-state index < -0.39 is 29.6 Å². The largest absolute Gasteiger partial charge is 0.469 e. The average Bonchev–Trinajstić information content (AvgIpc) is 2.92. The molecule has 2 aliphatic heterocycles. The van der Waals surface area contributed by atoms with Crippen molar-refractivity contribution >= 4 is 29.0 Å². The van der Waals surface area contributed by atoms with E-state index in [4.69, 9.17) is 9.73 Å². The molecule has 10 heteroatoms. The van der Waals surface area contributed by atoms with E-state index in [1.54, 1.807) is 11.0 Å². The highest BCUT2D eigenvalue weighted by molar-refractivity contribution is 6.01. The Labute approximate surface area is 224 Å². The van der Waals surface area contributed by atoms with Crippen LogP contribution < -0.4 is 9.80 Å². The maximum Gasteiger partial charge on any atom is 0.416 e. The number of fused-ring (bicyclic) bond motifs is 1. The second-order valence-corrected chi connectivity index (χ2v) is 9.64. The van der Waals surface area contributed by atoms with Crippen molar-refractivity contribution in [3.8, 4) is 0 Å². The van der Waals surface area contributed by atoms with Gasteiger partial charge in [0.2, 0.25) is 5.96 Å². The number of anilines is 2. The summed E-state index contributed by atoms with van der Waals surface area (Å²) >= 11 is 0. The zero-order chi connectivity index (χ0) is 27.7. The Hall–Kier alpha value is -4.08. The van der Waals surface area contributed by atoms with Gasteiger partial charge in [0.05, 0.1) is 30.8 Å². The Balaban J connectivity index is 1.56. The summed E-state index contributed by atoms with van der Waals surface area (Å²) in [7, 11) is 1.24. The van der Waals surface area contributed by atoms with Crippen LogP contribution in [0.1, 0.15) is 29.2 Å². The molecular formula is C29H28F4N4O2. The number of esters is 1. The fourth-order valence-electron chi connectivity index (χ4n) is 5.12. The van der Waals surface area contributed by atoms with E-state index in [9.17, 15) is 22.4 Å². The molecule has 1 atom stereocenters. The maximum absolute atomic E-state index is 14.4. The number of ether oxygens (including phenoxy) is 1. The molecule has 0 bridgehead atoms. The van der Waals surface area contributed by atoms with Gasteiger partial charge in [0, 0.05) is 43.1 Å². The molecule has 0 amide bonds. The van der Waals surface area contributed by atoms with Crippen molar-refractivity contribution in [3.05, 3.63) is 89.2 Å². The first-order valence-corrected chi connectivity index (χ1v) is 12.6. The maximum atomic E-state index is 14.4. The number of hydrogen-bond acceptors (Lipinski definition) is 6. The van der Waals surface area contributed by atoms with Crippen LogP contribution in [0.5, 0.6) is 0 Å². The minimum absolute atomic E-state index is 0.202. The van der Waals surface area contributed by atoms with Crippen molar-refractivity contribution in [2.24, 2.45) is 4.99 Å². The second-order valence-electron chi connectivity index (χ2n) is 9.64. The first kappa shape index (κ1) is 26.5. The van der Waals surface area contributed by atoms with Crippen molar-refractivity contribution in [3.63, 3.8) is 0 Å². The number of halogens is 4. The lowest BCUT2D eigenvalue weighted by atomic mass is 9.97. The van der Waals surface area contributed by atoms with Gasteiger partial charge in [0.15, 0.2) is 0 Å². The normalized spacial score (nSPS) is 17.5. The molecule has 1 saturated heterocycles. The molecule has 0 aromatic heterocycles. The molecule has 2 aliphatic rings. The summed E-state index contributed by atoms with van der Waals surface area (Å²) in [6.45, 7) is 4.45. The molecule has 39 heavy (non-hydrogen) atoms. The van der Waals surface area contributed by atoms with E-state index in [-0.39, 0.29) is 12.1 Å². The fraction of sp³-hybridized carbons (Fsp3) is 0.310. The first-order chi connectivity index (χ1) is 18.6. The monoisotopic (exact) mass is 540 g/mol. The minimum atomic E-state index is -4.57. The standard InChI is InChI=1S/C29H28F4N4O2/c1-19-5-3-7-22(15-19)35-11-13-36(14-12-35)28-34-25-10-9-21(30)17-24(25)26(18-27(38)39-2)37(28)23-8-4-6-20(16-23)29(31,32)33/h3-10,15-17,26H,11-14,18H2,1-2H3. The van der Waals surface area contributed by atoms with Crippen LogP contribution in [0.3, 0.4) is 0 Å². The summed E-state index contributed by atoms with van der Waals surface area (Å²) in [5, 5.41) is 0. The highest BCUT2D eigenvalue weighted by Gasteiger charge is 2.38. The number of rotatable bonds is 4. The summed E-state index contributed by atoms with van der Waals surface area (Å²) in [4.78, 5) is 23.2. The Morgan fingerprint density at radius 3 is 2.33 bits per heavy atom. The van der Waals surface area contributed by atoms with Gasteiger partial charge in [0.25, 0.3) is 0 Å². The van der Waals surface area contributed by atoms with Gasteiger partial charge in [0.1, 0.15) is 5.82 Å². The number of nitrogens with zero attached hydrogens (tertiary/aromatic N) is 4. The molecule has 0 aliphatic carbocycles. The second kappa shape index (κ2) is 10.6. The summed E-state index contributed by atoms with van der Waals surface area (Å²) < 4.78 is 60.3. The zero-order valence-corrected chi connectivity index (χ0v) is 21.6. The Morgan fingerprint density at radius 1 is 0.949 bits per heavy atom. The van der Waals surface area contributed by atoms with Gasteiger partial charge in [-0.15, -0.1) is 0 Å². The predicted octanol–water partition coefficient (Wildman–Crippen LogP) is 6.09. The van der Waals surface area contributed by atoms with Crippen LogP contribution in [-0.2, 0) is 15.7 Å². The van der Waals surface area contributed by atoms with E-state index in [0.29, 0.717) is 43.4 Å². The lowest BCUT2D eigenvalue weighted by molar-refractivity contribution is -0.141. The van der Waals surface area contributed by atoms with Crippen molar-refractivity contribution in [2.75, 3.05) is 43.1 Å². The van der Waals surface area contributed by atoms with Gasteiger partial charge >= 0.3 is 12.1 Å². The third-order valence-corrected chi connectivity index (χ3v) is 7.06. The van der Waals surface area contributed by atoms with Crippen molar-refractivity contribution < 1.29 is 27.1 Å². The molecule has 6 nitrogen and oxygen atoms in total. The number of carbonyl (C=O) groups excluding carboxylic acids is 1. The minimum Gasteiger partial charge on any atom is -0.469 e. The smallest absolute Gasteiger partial charge is 0.416 e. The van der Waals surface area contributed by atoms with E-state index >= 15 is 0 Å². The van der Waals surface area contributed by atoms with Gasteiger partial charge in [-0.3, -0.25) is 4.79 Å². The van der Waals surface area contributed by atoms with Crippen molar-refractivity contribution in [1.29, 1.82) is 0 Å². The van der Waals surface area contributed by atoms with Gasteiger partial charge < -0.3 is 19.4 Å². The highest BCUT2D eigenvalue weighted by atomic mass is 19.4. The first-order valence-electron chi connectivity index (χ1n) is 12.6. The molecule has 0 radical (unpaired) electrons. The molecule has 204 valence electrons. The summed E-state index contributed by atoms with van der Waals surface area (Å²) in [6, 6.07) is 16.4. The number of piperazine rings is 1. The third kappa shape index (κ3) is 5.55. The molecule has 0 saturated carbocycles. The molecule has 0 N–H and O–H groups in total. The van der Waals surface area contributed by atoms with Crippen LogP contribution in [0.15, 0.2) is 71.7 Å². The van der Waals surface area contributed by atoms with Gasteiger partial charge in [-0.1, -0.05) is 18.2 Å².